The van der Waals surface area contributed by atoms with E-state index in [1.165, 1.54) is 0 Å². The molecule has 0 fully saturated rings. The quantitative estimate of drug-likeness (QED) is 0.569. The molecule has 4 amide bonds. The Bertz CT molecular complexity index is 860. The third-order valence-corrected chi connectivity index (χ3v) is 4.78. The lowest BCUT2D eigenvalue weighted by Gasteiger charge is -2.22. The molecule has 0 aliphatic rings. The average Bonchev–Trinajstić information content (AvgIpc) is 2.98. The summed E-state index contributed by atoms with van der Waals surface area (Å²) in [5.41, 5.74) is 13.0. The molecule has 2 atom stereocenters. The fraction of sp³-hybridized carbons (Fsp3) is 0.350. The topological polar surface area (TPSA) is 118 Å². The van der Waals surface area contributed by atoms with Gasteiger partial charge in [-0.05, 0) is 38.0 Å². The molecule has 150 valence electrons. The predicted molar refractivity (Wildman–Crippen MR) is 107 cm³/mol. The summed E-state index contributed by atoms with van der Waals surface area (Å²) >= 11 is 0. The minimum atomic E-state index is -0.834. The van der Waals surface area contributed by atoms with E-state index in [9.17, 15) is 14.4 Å². The number of aromatic nitrogens is 1. The fourth-order valence-electron chi connectivity index (χ4n) is 3.09. The third kappa shape index (κ3) is 4.70. The first-order chi connectivity index (χ1) is 13.3. The van der Waals surface area contributed by atoms with Crippen LogP contribution < -0.4 is 21.9 Å². The molecular weight excluding hydrogens is 358 g/mol. The van der Waals surface area contributed by atoms with Gasteiger partial charge in [-0.25, -0.2) is 4.79 Å². The monoisotopic (exact) mass is 385 g/mol. The summed E-state index contributed by atoms with van der Waals surface area (Å²) in [4.78, 5) is 36.1. The number of hydrogen-bond acceptors (Lipinski definition) is 3. The summed E-state index contributed by atoms with van der Waals surface area (Å²) in [6.07, 6.45) is 0.657. The van der Waals surface area contributed by atoms with Gasteiger partial charge >= 0.3 is 6.03 Å². The van der Waals surface area contributed by atoms with Gasteiger partial charge in [0, 0.05) is 17.1 Å². The number of primary amides is 1. The van der Waals surface area contributed by atoms with Crippen molar-refractivity contribution in [3.8, 4) is 5.69 Å². The Kier molecular flexibility index (Phi) is 6.81. The molecule has 28 heavy (non-hydrogen) atoms. The lowest BCUT2D eigenvalue weighted by molar-refractivity contribution is -0.124. The second kappa shape index (κ2) is 9.07. The van der Waals surface area contributed by atoms with E-state index >= 15 is 0 Å². The van der Waals surface area contributed by atoms with E-state index in [1.54, 1.807) is 6.07 Å². The summed E-state index contributed by atoms with van der Waals surface area (Å²) < 4.78 is 1.97. The Labute approximate surface area is 164 Å². The molecule has 2 aromatic rings. The smallest absolute Gasteiger partial charge is 0.312 e. The number of carbonyl (C=O) groups is 3. The van der Waals surface area contributed by atoms with E-state index in [2.05, 4.69) is 16.2 Å². The highest BCUT2D eigenvalue weighted by Crippen LogP contribution is 2.20. The normalized spacial score (nSPS) is 12.7. The van der Waals surface area contributed by atoms with Gasteiger partial charge in [0.15, 0.2) is 0 Å². The van der Waals surface area contributed by atoms with Gasteiger partial charge in [0.25, 0.3) is 11.8 Å². The lowest BCUT2D eigenvalue weighted by Crippen LogP contribution is -2.55. The first-order valence-electron chi connectivity index (χ1n) is 9.16. The minimum Gasteiger partial charge on any atom is -0.352 e. The predicted octanol–water partition coefficient (Wildman–Crippen LogP) is 1.94. The first kappa shape index (κ1) is 21.0. The van der Waals surface area contributed by atoms with Gasteiger partial charge in [-0.15, -0.1) is 0 Å². The highest BCUT2D eigenvalue weighted by molar-refractivity contribution is 5.97. The molecule has 8 nitrogen and oxygen atoms in total. The van der Waals surface area contributed by atoms with Crippen LogP contribution in [0.5, 0.6) is 0 Å². The van der Waals surface area contributed by atoms with Gasteiger partial charge < -0.3 is 15.6 Å². The molecule has 1 aromatic carbocycles. The van der Waals surface area contributed by atoms with Crippen LogP contribution in [0.15, 0.2) is 36.4 Å². The van der Waals surface area contributed by atoms with Gasteiger partial charge in [0.2, 0.25) is 0 Å². The number of benzene rings is 1. The van der Waals surface area contributed by atoms with Crippen LogP contribution in [0.3, 0.4) is 0 Å². The Morgan fingerprint density at radius 2 is 1.75 bits per heavy atom. The number of rotatable bonds is 6. The number of hydrogen-bond donors (Lipinski definition) is 4. The molecule has 2 rings (SSSR count). The number of carbonyl (C=O) groups excluding carboxylic acids is 3. The van der Waals surface area contributed by atoms with E-state index in [-0.39, 0.29) is 5.92 Å². The minimum absolute atomic E-state index is 0.146. The van der Waals surface area contributed by atoms with Gasteiger partial charge in [0.1, 0.15) is 6.04 Å². The molecule has 0 spiro atoms. The molecule has 0 aliphatic carbocycles. The molecule has 0 unspecified atom stereocenters. The van der Waals surface area contributed by atoms with Crippen molar-refractivity contribution in [2.45, 2.75) is 40.2 Å². The Hall–Kier alpha value is -3.29. The van der Waals surface area contributed by atoms with Crippen LogP contribution >= 0.6 is 0 Å². The second-order valence-corrected chi connectivity index (χ2v) is 6.77. The number of para-hydroxylation sites is 1. The number of amides is 4. The van der Waals surface area contributed by atoms with Crippen LogP contribution in [0.4, 0.5) is 4.79 Å². The van der Waals surface area contributed by atoms with Crippen molar-refractivity contribution in [1.29, 1.82) is 0 Å². The maximum absolute atomic E-state index is 12.6. The second-order valence-electron chi connectivity index (χ2n) is 6.77. The van der Waals surface area contributed by atoms with Crippen molar-refractivity contribution in [2.75, 3.05) is 0 Å². The first-order valence-corrected chi connectivity index (χ1v) is 9.16. The van der Waals surface area contributed by atoms with Crippen LogP contribution in [0.1, 0.15) is 42.0 Å². The Morgan fingerprint density at radius 3 is 2.32 bits per heavy atom. The van der Waals surface area contributed by atoms with E-state index < -0.39 is 23.9 Å². The molecule has 0 aliphatic heterocycles. The highest BCUT2D eigenvalue weighted by atomic mass is 16.2. The maximum Gasteiger partial charge on any atom is 0.312 e. The molecule has 0 saturated carbocycles. The van der Waals surface area contributed by atoms with E-state index in [0.29, 0.717) is 12.0 Å². The number of nitrogens with two attached hydrogens (primary N) is 1. The molecule has 0 saturated heterocycles. The largest absolute Gasteiger partial charge is 0.352 e. The number of aryl methyl sites for hydroxylation is 1. The summed E-state index contributed by atoms with van der Waals surface area (Å²) in [7, 11) is 0. The number of urea groups is 1. The zero-order valence-electron chi connectivity index (χ0n) is 16.6. The molecular formula is C20H27N5O3. The lowest BCUT2D eigenvalue weighted by atomic mass is 9.99. The van der Waals surface area contributed by atoms with Crippen molar-refractivity contribution in [3.05, 3.63) is 53.3 Å². The summed E-state index contributed by atoms with van der Waals surface area (Å²) in [6.45, 7) is 7.46. The number of nitrogens with one attached hydrogen (secondary N) is 3. The SMILES string of the molecule is CC[C@H](C)[C@H](NC(N)=O)C(=O)NNC(=O)c1cc(C)n(-c2ccccc2)c1C. The van der Waals surface area contributed by atoms with Gasteiger partial charge in [-0.1, -0.05) is 38.5 Å². The highest BCUT2D eigenvalue weighted by Gasteiger charge is 2.26. The third-order valence-electron chi connectivity index (χ3n) is 4.78. The van der Waals surface area contributed by atoms with Gasteiger partial charge in [-0.2, -0.15) is 0 Å². The van der Waals surface area contributed by atoms with Gasteiger partial charge in [0.05, 0.1) is 5.56 Å². The van der Waals surface area contributed by atoms with Crippen molar-refractivity contribution >= 4 is 17.8 Å². The zero-order chi connectivity index (χ0) is 20.8. The van der Waals surface area contributed by atoms with Gasteiger partial charge in [-0.3, -0.25) is 20.4 Å². The van der Waals surface area contributed by atoms with Crippen molar-refractivity contribution in [3.63, 3.8) is 0 Å². The fourth-order valence-corrected chi connectivity index (χ4v) is 3.09. The number of nitrogens with zero attached hydrogens (tertiary/aromatic N) is 1. The molecule has 1 heterocycles. The van der Waals surface area contributed by atoms with E-state index in [4.69, 9.17) is 5.73 Å². The van der Waals surface area contributed by atoms with Crippen molar-refractivity contribution in [1.82, 2.24) is 20.7 Å². The van der Waals surface area contributed by atoms with Crippen molar-refractivity contribution in [2.24, 2.45) is 11.7 Å². The summed E-state index contributed by atoms with van der Waals surface area (Å²) in [6, 6.07) is 9.82. The molecule has 5 N–H and O–H groups in total. The van der Waals surface area contributed by atoms with E-state index in [0.717, 1.165) is 17.1 Å². The molecule has 0 bridgehead atoms. The van der Waals surface area contributed by atoms with Crippen LogP contribution in [-0.2, 0) is 4.79 Å². The van der Waals surface area contributed by atoms with Crippen LogP contribution in [0.2, 0.25) is 0 Å². The molecule has 0 radical (unpaired) electrons. The Morgan fingerprint density at radius 1 is 1.11 bits per heavy atom. The Balaban J connectivity index is 2.13. The van der Waals surface area contributed by atoms with Crippen LogP contribution in [-0.4, -0.2) is 28.5 Å². The molecule has 8 heteroatoms. The standard InChI is InChI=1S/C20H27N5O3/c1-5-12(2)17(22-20(21)28)19(27)24-23-18(26)16-11-13(3)25(14(16)4)15-9-7-6-8-10-15/h6-12,17H,5H2,1-4H3,(H,23,26)(H,24,27)(H3,21,22,28)/t12-,17-/m0/s1. The van der Waals surface area contributed by atoms with Crippen LogP contribution in [0, 0.1) is 19.8 Å². The van der Waals surface area contributed by atoms with E-state index in [1.807, 2.05) is 62.6 Å². The number of hydrazine groups is 1. The van der Waals surface area contributed by atoms with Crippen molar-refractivity contribution < 1.29 is 14.4 Å². The van der Waals surface area contributed by atoms with Crippen LogP contribution in [0.25, 0.3) is 5.69 Å². The zero-order valence-corrected chi connectivity index (χ0v) is 16.6. The summed E-state index contributed by atoms with van der Waals surface area (Å²) in [5.74, 6) is -1.11. The molecule has 1 aromatic heterocycles. The summed E-state index contributed by atoms with van der Waals surface area (Å²) in [5, 5.41) is 2.41. The maximum atomic E-state index is 12.6. The average molecular weight is 385 g/mol.